The van der Waals surface area contributed by atoms with E-state index in [0.717, 1.165) is 32.1 Å². The smallest absolute Gasteiger partial charge is 0.308 e. The second-order valence-corrected chi connectivity index (χ2v) is 9.61. The molecule has 0 atom stereocenters. The highest BCUT2D eigenvalue weighted by Gasteiger charge is 2.40. The highest BCUT2D eigenvalue weighted by molar-refractivity contribution is 6.22. The van der Waals surface area contributed by atoms with Crippen LogP contribution in [0.3, 0.4) is 0 Å². The molecule has 1 aliphatic carbocycles. The molecule has 9 heteroatoms. The number of nitrogens with zero attached hydrogens (tertiary/aromatic N) is 1. The molecule has 0 unspecified atom stereocenters. The Morgan fingerprint density at radius 1 is 0.744 bits per heavy atom. The van der Waals surface area contributed by atoms with E-state index >= 15 is 0 Å². The van der Waals surface area contributed by atoms with Gasteiger partial charge >= 0.3 is 5.97 Å². The Balaban J connectivity index is 1.32. The molecular weight excluding hydrogens is 498 g/mol. The Kier molecular flexibility index (Phi) is 7.23. The molecule has 1 fully saturated rings. The molecule has 9 nitrogen and oxygen atoms in total. The summed E-state index contributed by atoms with van der Waals surface area (Å²) >= 11 is 0. The average molecular weight is 526 g/mol. The van der Waals surface area contributed by atoms with Gasteiger partial charge in [-0.05, 0) is 61.4 Å². The summed E-state index contributed by atoms with van der Waals surface area (Å²) in [6.45, 7) is 1.27. The Morgan fingerprint density at radius 3 is 2.00 bits per heavy atom. The topological polar surface area (TPSA) is 122 Å². The highest BCUT2D eigenvalue weighted by atomic mass is 16.5. The van der Waals surface area contributed by atoms with Gasteiger partial charge in [0.1, 0.15) is 5.75 Å². The third-order valence-electron chi connectivity index (χ3n) is 6.90. The van der Waals surface area contributed by atoms with E-state index in [1.807, 2.05) is 0 Å². The van der Waals surface area contributed by atoms with Crippen molar-refractivity contribution in [1.29, 1.82) is 0 Å². The molecule has 0 bridgehead atoms. The lowest BCUT2D eigenvalue weighted by Gasteiger charge is -2.29. The van der Waals surface area contributed by atoms with Crippen molar-refractivity contribution in [1.82, 2.24) is 4.90 Å². The maximum atomic E-state index is 13.2. The van der Waals surface area contributed by atoms with E-state index in [2.05, 4.69) is 10.6 Å². The molecule has 1 heterocycles. The van der Waals surface area contributed by atoms with Crippen LogP contribution in [0.15, 0.2) is 66.7 Å². The number of imide groups is 1. The molecule has 198 valence electrons. The van der Waals surface area contributed by atoms with Gasteiger partial charge in [0.25, 0.3) is 23.6 Å². The lowest BCUT2D eigenvalue weighted by molar-refractivity contribution is -0.131. The minimum Gasteiger partial charge on any atom is -0.427 e. The molecule has 3 aromatic carbocycles. The standard InChI is InChI=1S/C30H27N3O6/c1-18(34)39-22-11-7-8-19(16-22)27(35)31-25-12-5-6-13-26(25)32-28(36)20-14-15-23-24(17-20)30(38)33(29(23)37)21-9-3-2-4-10-21/h5-8,11-17,21H,2-4,9-10H2,1H3,(H,31,35)(H,32,36). The normalized spacial score (nSPS) is 15.1. The summed E-state index contributed by atoms with van der Waals surface area (Å²) in [6.07, 6.45) is 4.68. The lowest BCUT2D eigenvalue weighted by Crippen LogP contribution is -2.40. The average Bonchev–Trinajstić information content (AvgIpc) is 3.19. The van der Waals surface area contributed by atoms with Gasteiger partial charge in [0, 0.05) is 24.1 Å². The zero-order valence-corrected chi connectivity index (χ0v) is 21.4. The third kappa shape index (κ3) is 5.43. The summed E-state index contributed by atoms with van der Waals surface area (Å²) in [5.74, 6) is -1.88. The second kappa shape index (κ2) is 10.9. The molecule has 39 heavy (non-hydrogen) atoms. The predicted octanol–water partition coefficient (Wildman–Crippen LogP) is 5.05. The summed E-state index contributed by atoms with van der Waals surface area (Å²) in [7, 11) is 0. The van der Waals surface area contributed by atoms with E-state index in [0.29, 0.717) is 16.9 Å². The van der Waals surface area contributed by atoms with Gasteiger partial charge in [-0.15, -0.1) is 0 Å². The van der Waals surface area contributed by atoms with E-state index in [1.165, 1.54) is 36.1 Å². The first-order valence-electron chi connectivity index (χ1n) is 12.8. The summed E-state index contributed by atoms with van der Waals surface area (Å²) in [5, 5.41) is 5.54. The number of ether oxygens (including phenoxy) is 1. The van der Waals surface area contributed by atoms with Gasteiger partial charge in [0.2, 0.25) is 0 Å². The number of nitrogens with one attached hydrogen (secondary N) is 2. The number of fused-ring (bicyclic) bond motifs is 1. The van der Waals surface area contributed by atoms with E-state index in [-0.39, 0.29) is 40.3 Å². The van der Waals surface area contributed by atoms with Crippen molar-refractivity contribution in [3.63, 3.8) is 0 Å². The van der Waals surface area contributed by atoms with Crippen LogP contribution in [0.4, 0.5) is 11.4 Å². The van der Waals surface area contributed by atoms with Gasteiger partial charge in [0.05, 0.1) is 22.5 Å². The van der Waals surface area contributed by atoms with Crippen LogP contribution < -0.4 is 15.4 Å². The van der Waals surface area contributed by atoms with Crippen LogP contribution in [0.1, 0.15) is 80.5 Å². The zero-order chi connectivity index (χ0) is 27.5. The number of hydrogen-bond donors (Lipinski definition) is 2. The van der Waals surface area contributed by atoms with Crippen molar-refractivity contribution in [2.45, 2.75) is 45.1 Å². The first kappa shape index (κ1) is 25.8. The van der Waals surface area contributed by atoms with Crippen molar-refractivity contribution >= 4 is 41.0 Å². The van der Waals surface area contributed by atoms with E-state index in [4.69, 9.17) is 4.74 Å². The fourth-order valence-electron chi connectivity index (χ4n) is 5.03. The number of esters is 1. The summed E-state index contributed by atoms with van der Waals surface area (Å²) in [4.78, 5) is 64.7. The lowest BCUT2D eigenvalue weighted by atomic mass is 9.94. The second-order valence-electron chi connectivity index (χ2n) is 9.61. The van der Waals surface area contributed by atoms with Gasteiger partial charge in [0.15, 0.2) is 0 Å². The molecule has 1 aliphatic heterocycles. The van der Waals surface area contributed by atoms with Crippen molar-refractivity contribution in [3.05, 3.63) is 89.0 Å². The number of anilines is 2. The molecule has 2 N–H and O–H groups in total. The minimum atomic E-state index is -0.500. The van der Waals surface area contributed by atoms with Gasteiger partial charge in [-0.25, -0.2) is 0 Å². The number of carbonyl (C=O) groups is 5. The summed E-state index contributed by atoms with van der Waals surface area (Å²) in [6, 6.07) is 17.3. The van der Waals surface area contributed by atoms with Gasteiger partial charge in [-0.2, -0.15) is 0 Å². The molecule has 1 saturated carbocycles. The molecule has 5 rings (SSSR count). The SMILES string of the molecule is CC(=O)Oc1cccc(C(=O)Nc2ccccc2NC(=O)c2ccc3c(c2)C(=O)N(C2CCCCC2)C3=O)c1. The van der Waals surface area contributed by atoms with Crippen molar-refractivity contribution < 1.29 is 28.7 Å². The van der Waals surface area contributed by atoms with Gasteiger partial charge in [-0.3, -0.25) is 28.9 Å². The Labute approximate surface area is 225 Å². The molecule has 4 amide bonds. The van der Waals surface area contributed by atoms with Crippen LogP contribution in [0, 0.1) is 0 Å². The molecule has 0 aromatic heterocycles. The van der Waals surface area contributed by atoms with E-state index in [1.54, 1.807) is 42.5 Å². The highest BCUT2D eigenvalue weighted by Crippen LogP contribution is 2.32. The molecule has 3 aromatic rings. The summed E-state index contributed by atoms with van der Waals surface area (Å²) in [5.41, 5.74) is 1.72. The van der Waals surface area contributed by atoms with Crippen LogP contribution in [0.25, 0.3) is 0 Å². The zero-order valence-electron chi connectivity index (χ0n) is 21.4. The van der Waals surface area contributed by atoms with Crippen LogP contribution in [0.2, 0.25) is 0 Å². The monoisotopic (exact) mass is 525 g/mol. The number of para-hydroxylation sites is 2. The number of amides is 4. The Bertz CT molecular complexity index is 1490. The Hall–Kier alpha value is -4.79. The molecule has 0 radical (unpaired) electrons. The van der Waals surface area contributed by atoms with Crippen molar-refractivity contribution in [2.75, 3.05) is 10.6 Å². The fourth-order valence-corrected chi connectivity index (χ4v) is 5.03. The van der Waals surface area contributed by atoms with Crippen molar-refractivity contribution in [2.24, 2.45) is 0 Å². The van der Waals surface area contributed by atoms with E-state index in [9.17, 15) is 24.0 Å². The predicted molar refractivity (Wildman–Crippen MR) is 144 cm³/mol. The van der Waals surface area contributed by atoms with Crippen LogP contribution in [0.5, 0.6) is 5.75 Å². The first-order valence-corrected chi connectivity index (χ1v) is 12.8. The number of hydrogen-bond acceptors (Lipinski definition) is 6. The van der Waals surface area contributed by atoms with Gasteiger partial charge < -0.3 is 15.4 Å². The summed E-state index contributed by atoms with van der Waals surface area (Å²) < 4.78 is 5.04. The molecule has 2 aliphatic rings. The van der Waals surface area contributed by atoms with Crippen molar-refractivity contribution in [3.8, 4) is 5.75 Å². The quantitative estimate of drug-likeness (QED) is 0.264. The molecule has 0 saturated heterocycles. The Morgan fingerprint density at radius 2 is 1.36 bits per heavy atom. The van der Waals surface area contributed by atoms with Gasteiger partial charge in [-0.1, -0.05) is 37.5 Å². The number of benzene rings is 3. The molecule has 0 spiro atoms. The third-order valence-corrected chi connectivity index (χ3v) is 6.90. The first-order chi connectivity index (χ1) is 18.8. The minimum absolute atomic E-state index is 0.103. The number of rotatable bonds is 6. The van der Waals surface area contributed by atoms with Crippen LogP contribution in [-0.4, -0.2) is 40.5 Å². The van der Waals surface area contributed by atoms with Crippen LogP contribution >= 0.6 is 0 Å². The fraction of sp³-hybridized carbons (Fsp3) is 0.233. The largest absolute Gasteiger partial charge is 0.427 e. The maximum absolute atomic E-state index is 13.2. The molecular formula is C30H27N3O6. The van der Waals surface area contributed by atoms with E-state index < -0.39 is 17.8 Å². The van der Waals surface area contributed by atoms with Crippen LogP contribution in [-0.2, 0) is 4.79 Å². The maximum Gasteiger partial charge on any atom is 0.308 e. The number of carbonyl (C=O) groups excluding carboxylic acids is 5.